The van der Waals surface area contributed by atoms with Crippen LogP contribution < -0.4 is 10.0 Å². The summed E-state index contributed by atoms with van der Waals surface area (Å²) in [5, 5.41) is 14.2. The number of carbonyl (C=O) groups is 2. The SMILES string of the molecule is Cc1ccc(/C=C/S(=O)(=O)NCC(=O)OCC(=O)Nc2sccc2C#N)cc1. The smallest absolute Gasteiger partial charge is 0.321 e. The van der Waals surface area contributed by atoms with Crippen molar-refractivity contribution < 1.29 is 22.7 Å². The average Bonchev–Trinajstić information content (AvgIpc) is 3.11. The van der Waals surface area contributed by atoms with Crippen LogP contribution in [0.4, 0.5) is 5.00 Å². The third kappa shape index (κ3) is 6.96. The van der Waals surface area contributed by atoms with Crippen molar-refractivity contribution in [2.75, 3.05) is 18.5 Å². The van der Waals surface area contributed by atoms with Crippen molar-refractivity contribution in [3.8, 4) is 6.07 Å². The second-order valence-corrected chi connectivity index (χ2v) is 8.13. The zero-order valence-corrected chi connectivity index (χ0v) is 16.5. The Morgan fingerprint density at radius 3 is 2.64 bits per heavy atom. The third-order valence-corrected chi connectivity index (χ3v) is 5.21. The van der Waals surface area contributed by atoms with Crippen molar-refractivity contribution in [3.63, 3.8) is 0 Å². The Kier molecular flexibility index (Phi) is 7.45. The Morgan fingerprint density at radius 2 is 1.96 bits per heavy atom. The van der Waals surface area contributed by atoms with Gasteiger partial charge >= 0.3 is 5.97 Å². The summed E-state index contributed by atoms with van der Waals surface area (Å²) in [5.74, 6) is -1.54. The number of ether oxygens (including phenoxy) is 1. The summed E-state index contributed by atoms with van der Waals surface area (Å²) in [7, 11) is -3.84. The molecule has 2 aromatic rings. The van der Waals surface area contributed by atoms with Gasteiger partial charge in [-0.2, -0.15) is 5.26 Å². The molecule has 28 heavy (non-hydrogen) atoms. The number of nitrogens with zero attached hydrogens (tertiary/aromatic N) is 1. The van der Waals surface area contributed by atoms with E-state index in [2.05, 4.69) is 10.0 Å². The Bertz CT molecular complexity index is 1020. The largest absolute Gasteiger partial charge is 0.455 e. The van der Waals surface area contributed by atoms with Crippen LogP contribution in [-0.4, -0.2) is 33.4 Å². The van der Waals surface area contributed by atoms with E-state index < -0.39 is 35.1 Å². The van der Waals surface area contributed by atoms with Crippen LogP contribution in [0.5, 0.6) is 0 Å². The summed E-state index contributed by atoms with van der Waals surface area (Å²) < 4.78 is 30.5. The lowest BCUT2D eigenvalue weighted by molar-refractivity contribution is -0.146. The molecule has 0 bridgehead atoms. The monoisotopic (exact) mass is 419 g/mol. The van der Waals surface area contributed by atoms with Gasteiger partial charge in [-0.15, -0.1) is 11.3 Å². The molecule has 10 heteroatoms. The van der Waals surface area contributed by atoms with E-state index in [1.807, 2.05) is 25.1 Å². The first-order valence-corrected chi connectivity index (χ1v) is 10.4. The highest BCUT2D eigenvalue weighted by atomic mass is 32.2. The van der Waals surface area contributed by atoms with Crippen LogP contribution in [0.1, 0.15) is 16.7 Å². The molecule has 0 saturated heterocycles. The minimum absolute atomic E-state index is 0.304. The van der Waals surface area contributed by atoms with Gasteiger partial charge in [-0.25, -0.2) is 13.1 Å². The fourth-order valence-electron chi connectivity index (χ4n) is 1.91. The van der Waals surface area contributed by atoms with Crippen LogP contribution in [0.15, 0.2) is 41.1 Å². The highest BCUT2D eigenvalue weighted by molar-refractivity contribution is 7.92. The number of rotatable bonds is 8. The van der Waals surface area contributed by atoms with Crippen LogP contribution in [0.2, 0.25) is 0 Å². The van der Waals surface area contributed by atoms with Gasteiger partial charge in [-0.3, -0.25) is 9.59 Å². The maximum Gasteiger partial charge on any atom is 0.321 e. The van der Waals surface area contributed by atoms with E-state index >= 15 is 0 Å². The Hall–Kier alpha value is -3.00. The van der Waals surface area contributed by atoms with Gasteiger partial charge in [0.05, 0.1) is 5.56 Å². The number of hydrogen-bond donors (Lipinski definition) is 2. The molecular weight excluding hydrogens is 402 g/mol. The number of nitrogens with one attached hydrogen (secondary N) is 2. The van der Waals surface area contributed by atoms with E-state index in [9.17, 15) is 18.0 Å². The molecule has 0 fully saturated rings. The van der Waals surface area contributed by atoms with Gasteiger partial charge in [0.15, 0.2) is 6.61 Å². The number of aryl methyl sites for hydroxylation is 1. The zero-order chi connectivity index (χ0) is 20.6. The van der Waals surface area contributed by atoms with Crippen LogP contribution >= 0.6 is 11.3 Å². The lowest BCUT2D eigenvalue weighted by Gasteiger charge is -2.06. The van der Waals surface area contributed by atoms with Gasteiger partial charge < -0.3 is 10.1 Å². The summed E-state index contributed by atoms with van der Waals surface area (Å²) in [6, 6.07) is 10.7. The molecule has 146 valence electrons. The summed E-state index contributed by atoms with van der Waals surface area (Å²) in [5.41, 5.74) is 2.05. The van der Waals surface area contributed by atoms with E-state index in [0.717, 1.165) is 22.3 Å². The molecule has 0 saturated carbocycles. The first-order valence-electron chi connectivity index (χ1n) is 7.96. The molecule has 2 N–H and O–H groups in total. The summed E-state index contributed by atoms with van der Waals surface area (Å²) in [6.07, 6.45) is 1.40. The molecule has 2 rings (SSSR count). The Labute approximate surface area is 166 Å². The molecule has 1 aromatic carbocycles. The van der Waals surface area contributed by atoms with Crippen LogP contribution in [0.25, 0.3) is 6.08 Å². The number of esters is 1. The molecular formula is C18H17N3O5S2. The lowest BCUT2D eigenvalue weighted by Crippen LogP contribution is -2.31. The summed E-state index contributed by atoms with van der Waals surface area (Å²) in [4.78, 5) is 23.4. The predicted molar refractivity (Wildman–Crippen MR) is 106 cm³/mol. The second kappa shape index (κ2) is 9.80. The Morgan fingerprint density at radius 1 is 1.25 bits per heavy atom. The van der Waals surface area contributed by atoms with Crippen molar-refractivity contribution in [3.05, 3.63) is 57.8 Å². The zero-order valence-electron chi connectivity index (χ0n) is 14.8. The minimum atomic E-state index is -3.84. The fraction of sp³-hybridized carbons (Fsp3) is 0.167. The molecule has 0 radical (unpaired) electrons. The Balaban J connectivity index is 1.77. The molecule has 0 aliphatic carbocycles. The number of anilines is 1. The lowest BCUT2D eigenvalue weighted by atomic mass is 10.2. The van der Waals surface area contributed by atoms with Crippen LogP contribution in [0.3, 0.4) is 0 Å². The van der Waals surface area contributed by atoms with E-state index in [0.29, 0.717) is 16.1 Å². The van der Waals surface area contributed by atoms with Crippen molar-refractivity contribution in [2.24, 2.45) is 0 Å². The highest BCUT2D eigenvalue weighted by Crippen LogP contribution is 2.21. The first kappa shape index (κ1) is 21.3. The number of carbonyl (C=O) groups excluding carboxylic acids is 2. The molecule has 8 nitrogen and oxygen atoms in total. The number of benzene rings is 1. The molecule has 0 unspecified atom stereocenters. The van der Waals surface area contributed by atoms with Crippen molar-refractivity contribution in [1.82, 2.24) is 4.72 Å². The summed E-state index contributed by atoms with van der Waals surface area (Å²) >= 11 is 1.16. The molecule has 0 spiro atoms. The number of sulfonamides is 1. The molecule has 0 aliphatic rings. The van der Waals surface area contributed by atoms with Crippen LogP contribution in [0, 0.1) is 18.3 Å². The standard InChI is InChI=1S/C18H17N3O5S2/c1-13-2-4-14(5-3-13)7-9-28(24,25)20-11-17(23)26-12-16(22)21-18-15(10-19)6-8-27-18/h2-9,20H,11-12H2,1H3,(H,21,22)/b9-7+. The van der Waals surface area contributed by atoms with E-state index in [1.165, 1.54) is 6.08 Å². The van der Waals surface area contributed by atoms with E-state index in [4.69, 9.17) is 10.00 Å². The van der Waals surface area contributed by atoms with Gasteiger partial charge in [0.1, 0.15) is 17.6 Å². The maximum absolute atomic E-state index is 11.9. The third-order valence-electron chi connectivity index (χ3n) is 3.34. The first-order chi connectivity index (χ1) is 13.3. The number of hydrogen-bond acceptors (Lipinski definition) is 7. The minimum Gasteiger partial charge on any atom is -0.455 e. The quantitative estimate of drug-likeness (QED) is 0.631. The van der Waals surface area contributed by atoms with Gasteiger partial charge in [0, 0.05) is 5.41 Å². The van der Waals surface area contributed by atoms with E-state index in [1.54, 1.807) is 23.6 Å². The van der Waals surface area contributed by atoms with Crippen LogP contribution in [-0.2, 0) is 24.3 Å². The topological polar surface area (TPSA) is 125 Å². The molecule has 1 heterocycles. The average molecular weight is 419 g/mol. The van der Waals surface area contributed by atoms with Gasteiger partial charge in [-0.05, 0) is 30.0 Å². The molecule has 1 aromatic heterocycles. The predicted octanol–water partition coefficient (Wildman–Crippen LogP) is 2.00. The van der Waals surface area contributed by atoms with Gasteiger partial charge in [0.25, 0.3) is 5.91 Å². The number of thiophene rings is 1. The number of nitriles is 1. The van der Waals surface area contributed by atoms with Crippen molar-refractivity contribution >= 4 is 44.3 Å². The van der Waals surface area contributed by atoms with E-state index in [-0.39, 0.29) is 0 Å². The normalized spacial score (nSPS) is 11.1. The highest BCUT2D eigenvalue weighted by Gasteiger charge is 2.13. The fourth-order valence-corrected chi connectivity index (χ4v) is 3.41. The molecule has 0 atom stereocenters. The molecule has 1 amide bonds. The number of amides is 1. The van der Waals surface area contributed by atoms with Crippen molar-refractivity contribution in [1.29, 1.82) is 5.26 Å². The second-order valence-electron chi connectivity index (χ2n) is 5.56. The maximum atomic E-state index is 11.9. The summed E-state index contributed by atoms with van der Waals surface area (Å²) in [6.45, 7) is 0.708. The van der Waals surface area contributed by atoms with Crippen molar-refractivity contribution in [2.45, 2.75) is 6.92 Å². The van der Waals surface area contributed by atoms with Gasteiger partial charge in [0.2, 0.25) is 10.0 Å². The van der Waals surface area contributed by atoms with Gasteiger partial charge in [-0.1, -0.05) is 29.8 Å². The molecule has 0 aliphatic heterocycles.